The van der Waals surface area contributed by atoms with Crippen LogP contribution in [0.2, 0.25) is 0 Å². The molecule has 30 heavy (non-hydrogen) atoms. The molecular weight excluding hydrogens is 400 g/mol. The van der Waals surface area contributed by atoms with Crippen molar-refractivity contribution in [2.24, 2.45) is 0 Å². The normalized spacial score (nSPS) is 14.5. The molecule has 0 atom stereocenters. The molecule has 2 heterocycles. The second-order valence-corrected chi connectivity index (χ2v) is 7.92. The summed E-state index contributed by atoms with van der Waals surface area (Å²) < 4.78 is 5.18. The van der Waals surface area contributed by atoms with Gasteiger partial charge in [0.25, 0.3) is 0 Å². The molecule has 0 radical (unpaired) electrons. The fourth-order valence-corrected chi connectivity index (χ4v) is 4.20. The van der Waals surface area contributed by atoms with Crippen molar-refractivity contribution in [1.82, 2.24) is 9.88 Å². The Morgan fingerprint density at radius 3 is 2.57 bits per heavy atom. The number of aromatic nitrogens is 1. The van der Waals surface area contributed by atoms with Gasteiger partial charge in [0.2, 0.25) is 5.91 Å². The van der Waals surface area contributed by atoms with Crippen LogP contribution in [-0.2, 0) is 4.79 Å². The highest BCUT2D eigenvalue weighted by atomic mass is 32.1. The van der Waals surface area contributed by atoms with Gasteiger partial charge in [-0.05, 0) is 36.4 Å². The summed E-state index contributed by atoms with van der Waals surface area (Å²) in [4.78, 5) is 21.2. The van der Waals surface area contributed by atoms with Crippen molar-refractivity contribution in [3.8, 4) is 22.8 Å². The number of carbonyl (C=O) groups is 1. The highest BCUT2D eigenvalue weighted by Crippen LogP contribution is 2.28. The topological polar surface area (TPSA) is 77.9 Å². The van der Waals surface area contributed by atoms with Crippen molar-refractivity contribution in [3.63, 3.8) is 0 Å². The smallest absolute Gasteiger partial charge is 0.240 e. The van der Waals surface area contributed by atoms with Crippen LogP contribution < -0.4 is 15.0 Å². The number of ether oxygens (including phenoxy) is 1. The molecule has 0 unspecified atom stereocenters. The lowest BCUT2D eigenvalue weighted by Gasteiger charge is -2.35. The zero-order valence-electron chi connectivity index (χ0n) is 16.7. The number of nitrogens with zero attached hydrogens (tertiary/aromatic N) is 3. The number of aromatic hydroxyl groups is 1. The molecule has 1 aliphatic rings. The highest BCUT2D eigenvalue weighted by Gasteiger charge is 2.21. The van der Waals surface area contributed by atoms with E-state index in [0.29, 0.717) is 17.4 Å². The van der Waals surface area contributed by atoms with Crippen LogP contribution in [0.25, 0.3) is 11.3 Å². The molecule has 4 rings (SSSR count). The molecule has 0 bridgehead atoms. The van der Waals surface area contributed by atoms with Crippen molar-refractivity contribution >= 4 is 28.1 Å². The number of piperazine rings is 1. The number of nitrogens with one attached hydrogen (secondary N) is 1. The van der Waals surface area contributed by atoms with E-state index in [2.05, 4.69) is 20.1 Å². The van der Waals surface area contributed by atoms with Gasteiger partial charge in [-0.15, -0.1) is 11.3 Å². The molecule has 0 aliphatic carbocycles. The van der Waals surface area contributed by atoms with E-state index in [1.807, 2.05) is 47.8 Å². The third-order valence-corrected chi connectivity index (χ3v) is 5.86. The lowest BCUT2D eigenvalue weighted by atomic mass is 10.2. The summed E-state index contributed by atoms with van der Waals surface area (Å²) in [6.07, 6.45) is 0. The molecule has 1 aliphatic heterocycles. The van der Waals surface area contributed by atoms with Crippen molar-refractivity contribution < 1.29 is 14.6 Å². The second-order valence-electron chi connectivity index (χ2n) is 7.07. The average molecular weight is 425 g/mol. The van der Waals surface area contributed by atoms with Crippen molar-refractivity contribution in [1.29, 1.82) is 0 Å². The average Bonchev–Trinajstić information content (AvgIpc) is 3.23. The summed E-state index contributed by atoms with van der Waals surface area (Å²) in [5.74, 6) is 1.02. The number of rotatable bonds is 6. The monoisotopic (exact) mass is 424 g/mol. The van der Waals surface area contributed by atoms with E-state index in [1.54, 1.807) is 13.2 Å². The van der Waals surface area contributed by atoms with Crippen LogP contribution in [0.4, 0.5) is 10.8 Å². The number of phenolic OH excluding ortho intramolecular Hbond substituents is 1. The van der Waals surface area contributed by atoms with Crippen LogP contribution in [0.15, 0.2) is 53.9 Å². The standard InChI is InChI=1S/C22H24N4O3S/c1-29-17-8-6-16(7-9-17)18-15-30-22(23-18)24-21(28)14-25-10-12-26(13-11-25)19-4-2-3-5-20(19)27/h2-9,15,27H,10-14H2,1H3,(H,23,24,28). The zero-order valence-corrected chi connectivity index (χ0v) is 17.6. The molecule has 1 saturated heterocycles. The first kappa shape index (κ1) is 20.2. The van der Waals surface area contributed by atoms with E-state index >= 15 is 0 Å². The maximum Gasteiger partial charge on any atom is 0.240 e. The Bertz CT molecular complexity index is 998. The zero-order chi connectivity index (χ0) is 20.9. The van der Waals surface area contributed by atoms with Crippen LogP contribution in [0, 0.1) is 0 Å². The third-order valence-electron chi connectivity index (χ3n) is 5.10. The van der Waals surface area contributed by atoms with Crippen molar-refractivity contribution in [3.05, 3.63) is 53.9 Å². The number of thiazole rings is 1. The van der Waals surface area contributed by atoms with Crippen LogP contribution >= 0.6 is 11.3 Å². The molecule has 7 nitrogen and oxygen atoms in total. The minimum atomic E-state index is -0.0679. The minimum Gasteiger partial charge on any atom is -0.506 e. The first-order chi connectivity index (χ1) is 14.6. The van der Waals surface area contributed by atoms with Gasteiger partial charge in [-0.1, -0.05) is 12.1 Å². The van der Waals surface area contributed by atoms with E-state index in [9.17, 15) is 9.90 Å². The Morgan fingerprint density at radius 1 is 1.13 bits per heavy atom. The van der Waals surface area contributed by atoms with Crippen molar-refractivity contribution in [2.75, 3.05) is 50.1 Å². The SMILES string of the molecule is COc1ccc(-c2csc(NC(=O)CN3CCN(c4ccccc4O)CC3)n2)cc1. The number of hydrogen-bond donors (Lipinski definition) is 2. The van der Waals surface area contributed by atoms with Gasteiger partial charge in [0.05, 0.1) is 25.0 Å². The predicted octanol–water partition coefficient (Wildman–Crippen LogP) is 3.29. The number of para-hydroxylation sites is 2. The number of phenols is 1. The summed E-state index contributed by atoms with van der Waals surface area (Å²) in [7, 11) is 1.64. The van der Waals surface area contributed by atoms with E-state index in [4.69, 9.17) is 4.74 Å². The fraction of sp³-hybridized carbons (Fsp3) is 0.273. The number of benzene rings is 2. The Labute approximate surface area is 179 Å². The van der Waals surface area contributed by atoms with Crippen molar-refractivity contribution in [2.45, 2.75) is 0 Å². The number of hydrogen-bond acceptors (Lipinski definition) is 7. The van der Waals surface area contributed by atoms with Gasteiger partial charge in [0.1, 0.15) is 11.5 Å². The summed E-state index contributed by atoms with van der Waals surface area (Å²) in [5.41, 5.74) is 2.65. The Hall–Kier alpha value is -3.10. The Morgan fingerprint density at radius 2 is 1.87 bits per heavy atom. The molecule has 2 aromatic carbocycles. The highest BCUT2D eigenvalue weighted by molar-refractivity contribution is 7.14. The van der Waals surface area contributed by atoms with Gasteiger partial charge in [0, 0.05) is 37.1 Å². The quantitative estimate of drug-likeness (QED) is 0.632. The summed E-state index contributed by atoms with van der Waals surface area (Å²) in [6, 6.07) is 15.0. The first-order valence-corrected chi connectivity index (χ1v) is 10.7. The van der Waals surface area contributed by atoms with Crippen LogP contribution in [0.1, 0.15) is 0 Å². The van der Waals surface area contributed by atoms with Crippen LogP contribution in [0.5, 0.6) is 11.5 Å². The van der Waals surface area contributed by atoms with Crippen LogP contribution in [0.3, 0.4) is 0 Å². The molecule has 156 valence electrons. The molecule has 0 spiro atoms. The molecule has 1 amide bonds. The molecule has 8 heteroatoms. The van der Waals surface area contributed by atoms with Gasteiger partial charge >= 0.3 is 0 Å². The Balaban J connectivity index is 1.28. The largest absolute Gasteiger partial charge is 0.506 e. The van der Waals surface area contributed by atoms with E-state index in [-0.39, 0.29) is 5.91 Å². The van der Waals surface area contributed by atoms with E-state index < -0.39 is 0 Å². The van der Waals surface area contributed by atoms with Gasteiger partial charge in [-0.2, -0.15) is 0 Å². The van der Waals surface area contributed by atoms with Gasteiger partial charge in [-0.3, -0.25) is 9.69 Å². The number of carbonyl (C=O) groups excluding carboxylic acids is 1. The second kappa shape index (κ2) is 9.15. The fourth-order valence-electron chi connectivity index (χ4n) is 3.47. The lowest BCUT2D eigenvalue weighted by Crippen LogP contribution is -2.48. The summed E-state index contributed by atoms with van der Waals surface area (Å²) in [6.45, 7) is 3.38. The van der Waals surface area contributed by atoms with Gasteiger partial charge in [-0.25, -0.2) is 4.98 Å². The molecule has 3 aromatic rings. The maximum absolute atomic E-state index is 12.5. The number of amides is 1. The third kappa shape index (κ3) is 4.72. The molecular formula is C22H24N4O3S. The predicted molar refractivity (Wildman–Crippen MR) is 119 cm³/mol. The minimum absolute atomic E-state index is 0.0679. The molecule has 1 aromatic heterocycles. The van der Waals surface area contributed by atoms with Gasteiger partial charge in [0.15, 0.2) is 5.13 Å². The summed E-state index contributed by atoms with van der Waals surface area (Å²) >= 11 is 1.42. The van der Waals surface area contributed by atoms with Gasteiger partial charge < -0.3 is 20.1 Å². The first-order valence-electron chi connectivity index (χ1n) is 9.77. The molecule has 1 fully saturated rings. The number of anilines is 2. The summed E-state index contributed by atoms with van der Waals surface area (Å²) in [5, 5.41) is 15.4. The number of methoxy groups -OCH3 is 1. The maximum atomic E-state index is 12.5. The lowest BCUT2D eigenvalue weighted by molar-refractivity contribution is -0.117. The molecule has 0 saturated carbocycles. The van der Waals surface area contributed by atoms with Crippen LogP contribution in [-0.4, -0.2) is 60.7 Å². The van der Waals surface area contributed by atoms with E-state index in [1.165, 1.54) is 11.3 Å². The Kier molecular flexibility index (Phi) is 6.15. The molecule has 2 N–H and O–H groups in total. The van der Waals surface area contributed by atoms with E-state index in [0.717, 1.165) is 48.9 Å².